The summed E-state index contributed by atoms with van der Waals surface area (Å²) >= 11 is 0. The van der Waals surface area contributed by atoms with E-state index in [9.17, 15) is 4.79 Å². The standard InChI is InChI=1S/C11H16N2O2/c1-7(2)15-11(14)13-9-5-4-8(3)10(12)6-9/h4-7H,12H2,1-3H3,(H,13,14). The van der Waals surface area contributed by atoms with Gasteiger partial charge in [0.15, 0.2) is 0 Å². The fourth-order valence-electron chi connectivity index (χ4n) is 1.08. The number of carbonyl (C=O) groups excluding carboxylic acids is 1. The van der Waals surface area contributed by atoms with Crippen molar-refractivity contribution in [3.05, 3.63) is 23.8 Å². The number of amides is 1. The van der Waals surface area contributed by atoms with Gasteiger partial charge in [0.05, 0.1) is 6.10 Å². The molecule has 3 N–H and O–H groups in total. The van der Waals surface area contributed by atoms with Gasteiger partial charge in [-0.2, -0.15) is 0 Å². The lowest BCUT2D eigenvalue weighted by molar-refractivity contribution is 0.130. The first-order valence-corrected chi connectivity index (χ1v) is 4.83. The third kappa shape index (κ3) is 3.50. The lowest BCUT2D eigenvalue weighted by Gasteiger charge is -2.10. The van der Waals surface area contributed by atoms with E-state index in [1.54, 1.807) is 26.0 Å². The number of carbonyl (C=O) groups is 1. The summed E-state index contributed by atoms with van der Waals surface area (Å²) in [6.45, 7) is 5.50. The van der Waals surface area contributed by atoms with Crippen molar-refractivity contribution in [2.75, 3.05) is 11.1 Å². The summed E-state index contributed by atoms with van der Waals surface area (Å²) in [7, 11) is 0. The van der Waals surface area contributed by atoms with Crippen molar-refractivity contribution >= 4 is 17.5 Å². The second-order valence-corrected chi connectivity index (χ2v) is 3.65. The molecule has 15 heavy (non-hydrogen) atoms. The maximum Gasteiger partial charge on any atom is 0.411 e. The second-order valence-electron chi connectivity index (χ2n) is 3.65. The van der Waals surface area contributed by atoms with Crippen molar-refractivity contribution in [2.45, 2.75) is 26.9 Å². The Morgan fingerprint density at radius 3 is 2.67 bits per heavy atom. The highest BCUT2D eigenvalue weighted by atomic mass is 16.6. The molecule has 0 aliphatic heterocycles. The Bertz CT molecular complexity index is 362. The van der Waals surface area contributed by atoms with Gasteiger partial charge in [-0.25, -0.2) is 4.79 Å². The van der Waals surface area contributed by atoms with E-state index >= 15 is 0 Å². The molecule has 0 spiro atoms. The van der Waals surface area contributed by atoms with Crippen LogP contribution < -0.4 is 11.1 Å². The van der Waals surface area contributed by atoms with Crippen LogP contribution in [-0.4, -0.2) is 12.2 Å². The van der Waals surface area contributed by atoms with Gasteiger partial charge < -0.3 is 10.5 Å². The molecule has 0 heterocycles. The number of ether oxygens (including phenoxy) is 1. The predicted molar refractivity (Wildman–Crippen MR) is 60.8 cm³/mol. The molecular formula is C11H16N2O2. The Balaban J connectivity index is 2.65. The van der Waals surface area contributed by atoms with E-state index in [2.05, 4.69) is 5.32 Å². The second kappa shape index (κ2) is 4.68. The summed E-state index contributed by atoms with van der Waals surface area (Å²) in [6.07, 6.45) is -0.596. The van der Waals surface area contributed by atoms with Crippen LogP contribution in [0, 0.1) is 6.92 Å². The zero-order valence-corrected chi connectivity index (χ0v) is 9.20. The Morgan fingerprint density at radius 2 is 2.13 bits per heavy atom. The molecule has 0 atom stereocenters. The smallest absolute Gasteiger partial charge is 0.411 e. The van der Waals surface area contributed by atoms with Gasteiger partial charge in [0.2, 0.25) is 0 Å². The monoisotopic (exact) mass is 208 g/mol. The van der Waals surface area contributed by atoms with Crippen molar-refractivity contribution in [1.29, 1.82) is 0 Å². The molecule has 0 aliphatic carbocycles. The van der Waals surface area contributed by atoms with Crippen molar-refractivity contribution in [1.82, 2.24) is 0 Å². The average Bonchev–Trinajstić information content (AvgIpc) is 2.10. The molecule has 0 saturated carbocycles. The van der Waals surface area contributed by atoms with Gasteiger partial charge in [-0.1, -0.05) is 6.07 Å². The molecule has 1 aromatic rings. The molecule has 4 heteroatoms. The average molecular weight is 208 g/mol. The van der Waals surface area contributed by atoms with Crippen LogP contribution in [0.1, 0.15) is 19.4 Å². The molecule has 0 saturated heterocycles. The molecule has 0 bridgehead atoms. The van der Waals surface area contributed by atoms with Crippen molar-refractivity contribution in [3.8, 4) is 0 Å². The largest absolute Gasteiger partial charge is 0.447 e. The number of hydrogen-bond donors (Lipinski definition) is 2. The predicted octanol–water partition coefficient (Wildman–Crippen LogP) is 2.53. The van der Waals surface area contributed by atoms with Gasteiger partial charge in [0, 0.05) is 11.4 Å². The first-order valence-electron chi connectivity index (χ1n) is 4.83. The van der Waals surface area contributed by atoms with E-state index in [0.717, 1.165) is 5.56 Å². The minimum atomic E-state index is -0.465. The van der Waals surface area contributed by atoms with Crippen LogP contribution in [0.15, 0.2) is 18.2 Å². The molecule has 0 fully saturated rings. The van der Waals surface area contributed by atoms with Crippen LogP contribution in [0.2, 0.25) is 0 Å². The Morgan fingerprint density at radius 1 is 1.47 bits per heavy atom. The van der Waals surface area contributed by atoms with Gasteiger partial charge in [0.1, 0.15) is 0 Å². The SMILES string of the molecule is Cc1ccc(NC(=O)OC(C)C)cc1N. The number of nitrogens with two attached hydrogens (primary N) is 1. The summed E-state index contributed by atoms with van der Waals surface area (Å²) in [5.74, 6) is 0. The van der Waals surface area contributed by atoms with Crippen LogP contribution >= 0.6 is 0 Å². The summed E-state index contributed by atoms with van der Waals surface area (Å²) in [6, 6.07) is 5.34. The third-order valence-electron chi connectivity index (χ3n) is 1.87. The number of benzene rings is 1. The maximum atomic E-state index is 11.2. The number of nitrogen functional groups attached to an aromatic ring is 1. The first kappa shape index (κ1) is 11.4. The Kier molecular flexibility index (Phi) is 3.55. The van der Waals surface area contributed by atoms with Crippen molar-refractivity contribution in [2.24, 2.45) is 0 Å². The fourth-order valence-corrected chi connectivity index (χ4v) is 1.08. The summed E-state index contributed by atoms with van der Waals surface area (Å²) < 4.78 is 4.93. The lowest BCUT2D eigenvalue weighted by atomic mass is 10.2. The summed E-state index contributed by atoms with van der Waals surface area (Å²) in [5, 5.41) is 2.60. The van der Waals surface area contributed by atoms with Crippen LogP contribution in [-0.2, 0) is 4.74 Å². The minimum Gasteiger partial charge on any atom is -0.447 e. The molecule has 0 radical (unpaired) electrons. The quantitative estimate of drug-likeness (QED) is 0.734. The highest BCUT2D eigenvalue weighted by Crippen LogP contribution is 2.17. The molecule has 0 unspecified atom stereocenters. The van der Waals surface area contributed by atoms with E-state index in [4.69, 9.17) is 10.5 Å². The number of rotatable bonds is 2. The van der Waals surface area contributed by atoms with Crippen molar-refractivity contribution in [3.63, 3.8) is 0 Å². The number of aryl methyl sites for hydroxylation is 1. The Hall–Kier alpha value is -1.71. The topological polar surface area (TPSA) is 64.3 Å². The number of anilines is 2. The fraction of sp³-hybridized carbons (Fsp3) is 0.364. The van der Waals surface area contributed by atoms with Gasteiger partial charge in [0.25, 0.3) is 0 Å². The highest BCUT2D eigenvalue weighted by Gasteiger charge is 2.05. The summed E-state index contributed by atoms with van der Waals surface area (Å²) in [4.78, 5) is 11.2. The molecule has 0 aromatic heterocycles. The number of hydrogen-bond acceptors (Lipinski definition) is 3. The van der Waals surface area contributed by atoms with E-state index in [1.807, 2.05) is 13.0 Å². The molecule has 1 aromatic carbocycles. The molecular weight excluding hydrogens is 192 g/mol. The molecule has 4 nitrogen and oxygen atoms in total. The van der Waals surface area contributed by atoms with Crippen LogP contribution in [0.25, 0.3) is 0 Å². The zero-order valence-electron chi connectivity index (χ0n) is 9.20. The minimum absolute atomic E-state index is 0.132. The zero-order chi connectivity index (χ0) is 11.4. The first-order chi connectivity index (χ1) is 6.99. The van der Waals surface area contributed by atoms with E-state index in [1.165, 1.54) is 0 Å². The van der Waals surface area contributed by atoms with E-state index in [0.29, 0.717) is 11.4 Å². The molecule has 82 valence electrons. The van der Waals surface area contributed by atoms with Gasteiger partial charge in [-0.15, -0.1) is 0 Å². The summed E-state index contributed by atoms with van der Waals surface area (Å²) in [5.41, 5.74) is 7.98. The normalized spacial score (nSPS) is 10.1. The van der Waals surface area contributed by atoms with E-state index < -0.39 is 6.09 Å². The van der Waals surface area contributed by atoms with Gasteiger partial charge >= 0.3 is 6.09 Å². The van der Waals surface area contributed by atoms with Crippen molar-refractivity contribution < 1.29 is 9.53 Å². The highest BCUT2D eigenvalue weighted by molar-refractivity contribution is 5.85. The van der Waals surface area contributed by atoms with Crippen LogP contribution in [0.4, 0.5) is 16.2 Å². The molecule has 1 amide bonds. The Labute approximate surface area is 89.4 Å². The third-order valence-corrected chi connectivity index (χ3v) is 1.87. The van der Waals surface area contributed by atoms with Gasteiger partial charge in [-0.05, 0) is 38.5 Å². The lowest BCUT2D eigenvalue weighted by Crippen LogP contribution is -2.18. The van der Waals surface area contributed by atoms with Crippen LogP contribution in [0.3, 0.4) is 0 Å². The molecule has 0 aliphatic rings. The number of nitrogens with one attached hydrogen (secondary N) is 1. The van der Waals surface area contributed by atoms with Crippen LogP contribution in [0.5, 0.6) is 0 Å². The van der Waals surface area contributed by atoms with Gasteiger partial charge in [-0.3, -0.25) is 5.32 Å². The maximum absolute atomic E-state index is 11.2. The van der Waals surface area contributed by atoms with E-state index in [-0.39, 0.29) is 6.10 Å². The molecule has 1 rings (SSSR count).